The Balaban J connectivity index is 2.01. The summed E-state index contributed by atoms with van der Waals surface area (Å²) < 4.78 is 12.5. The number of rotatable bonds is 4. The largest absolute Gasteiger partial charge is 0.491 e. The fourth-order valence-corrected chi connectivity index (χ4v) is 3.52. The van der Waals surface area contributed by atoms with E-state index in [-0.39, 0.29) is 5.12 Å². The molecule has 1 fully saturated rings. The van der Waals surface area contributed by atoms with Crippen LogP contribution >= 0.6 is 11.8 Å². The van der Waals surface area contributed by atoms with E-state index in [1.165, 1.54) is 22.5 Å². The molecule has 3 rings (SSSR count). The van der Waals surface area contributed by atoms with E-state index < -0.39 is 18.3 Å². The van der Waals surface area contributed by atoms with Crippen molar-refractivity contribution in [3.8, 4) is 0 Å². The lowest BCUT2D eigenvalue weighted by atomic mass is 9.78. The van der Waals surface area contributed by atoms with E-state index in [0.29, 0.717) is 5.75 Å². The van der Waals surface area contributed by atoms with Crippen molar-refractivity contribution >= 4 is 40.8 Å². The average molecular weight is 368 g/mol. The monoisotopic (exact) mass is 368 g/mol. The first kappa shape index (κ1) is 19.2. The van der Waals surface area contributed by atoms with Gasteiger partial charge < -0.3 is 9.31 Å². The molecule has 2 aromatic carbocycles. The first-order valence-corrected chi connectivity index (χ1v) is 9.85. The summed E-state index contributed by atoms with van der Waals surface area (Å²) >= 11 is 1.28. The van der Waals surface area contributed by atoms with E-state index in [1.54, 1.807) is 6.92 Å². The van der Waals surface area contributed by atoms with Crippen LogP contribution in [-0.4, -0.2) is 29.2 Å². The number of thioether (sulfide) groups is 1. The van der Waals surface area contributed by atoms with Crippen LogP contribution in [0.4, 0.5) is 0 Å². The van der Waals surface area contributed by atoms with Crippen molar-refractivity contribution in [2.24, 2.45) is 0 Å². The van der Waals surface area contributed by atoms with Crippen LogP contribution in [0, 0.1) is 0 Å². The molecular formula is C21H25BO3S. The van der Waals surface area contributed by atoms with E-state index in [4.69, 9.17) is 9.31 Å². The van der Waals surface area contributed by atoms with E-state index in [0.717, 1.165) is 11.0 Å². The third kappa shape index (κ3) is 3.90. The molecule has 0 N–H and O–H groups in total. The highest BCUT2D eigenvalue weighted by atomic mass is 32.2. The Hall–Kier alpha value is -1.56. The zero-order chi connectivity index (χ0) is 18.9. The Morgan fingerprint density at radius 3 is 2.31 bits per heavy atom. The topological polar surface area (TPSA) is 35.5 Å². The molecule has 0 atom stereocenters. The molecule has 136 valence electrons. The highest BCUT2D eigenvalue weighted by Crippen LogP contribution is 2.39. The van der Waals surface area contributed by atoms with Crippen LogP contribution in [0.5, 0.6) is 0 Å². The van der Waals surface area contributed by atoms with Crippen LogP contribution in [0.2, 0.25) is 0 Å². The fourth-order valence-electron chi connectivity index (χ4n) is 2.93. The van der Waals surface area contributed by atoms with Gasteiger partial charge in [-0.3, -0.25) is 4.79 Å². The molecule has 2 aromatic rings. The van der Waals surface area contributed by atoms with Gasteiger partial charge in [-0.25, -0.2) is 0 Å². The maximum Gasteiger partial charge on any atom is 0.491 e. The number of fused-ring (bicyclic) bond motifs is 1. The summed E-state index contributed by atoms with van der Waals surface area (Å²) in [7, 11) is -0.453. The molecule has 0 aromatic heterocycles. The number of hydrogen-bond acceptors (Lipinski definition) is 4. The quantitative estimate of drug-likeness (QED) is 0.701. The zero-order valence-electron chi connectivity index (χ0n) is 16.0. The van der Waals surface area contributed by atoms with Crippen molar-refractivity contribution in [2.45, 2.75) is 45.8 Å². The minimum Gasteiger partial charge on any atom is -0.400 e. The van der Waals surface area contributed by atoms with Crippen LogP contribution in [0.3, 0.4) is 0 Å². The van der Waals surface area contributed by atoms with Gasteiger partial charge in [-0.2, -0.15) is 0 Å². The SMILES string of the molecule is CC(=O)SCC(=Cc1cccc2ccccc12)B1OC(C)(C)C(C)(C)O1. The minimum atomic E-state index is -0.453. The van der Waals surface area contributed by atoms with E-state index in [9.17, 15) is 4.79 Å². The Morgan fingerprint density at radius 2 is 1.65 bits per heavy atom. The summed E-state index contributed by atoms with van der Waals surface area (Å²) in [5, 5.41) is 2.45. The summed E-state index contributed by atoms with van der Waals surface area (Å²) in [4.78, 5) is 11.5. The second-order valence-electron chi connectivity index (χ2n) is 7.66. The number of benzene rings is 2. The normalized spacial score (nSPS) is 19.1. The van der Waals surface area contributed by atoms with Gasteiger partial charge in [0.1, 0.15) is 0 Å². The molecule has 1 aliphatic heterocycles. The molecule has 0 radical (unpaired) electrons. The molecule has 0 amide bonds. The molecule has 1 heterocycles. The van der Waals surface area contributed by atoms with Crippen LogP contribution in [0.15, 0.2) is 47.9 Å². The van der Waals surface area contributed by atoms with Crippen molar-refractivity contribution in [2.75, 3.05) is 5.75 Å². The second kappa shape index (κ2) is 7.22. The van der Waals surface area contributed by atoms with E-state index in [2.05, 4.69) is 30.3 Å². The standard InChI is InChI=1S/C21H25BO3S/c1-15(23)26-14-18(22-24-20(2,3)21(4,5)25-22)13-17-11-8-10-16-9-6-7-12-19(16)17/h6-13H,14H2,1-5H3. The van der Waals surface area contributed by atoms with Crippen molar-refractivity contribution in [3.05, 3.63) is 53.5 Å². The molecule has 0 bridgehead atoms. The Kier molecular flexibility index (Phi) is 5.34. The number of carbonyl (C=O) groups is 1. The molecule has 5 heteroatoms. The Labute approximate surface area is 160 Å². The average Bonchev–Trinajstić information content (AvgIpc) is 2.79. The maximum absolute atomic E-state index is 11.5. The van der Waals surface area contributed by atoms with Gasteiger partial charge in [-0.1, -0.05) is 60.3 Å². The van der Waals surface area contributed by atoms with Gasteiger partial charge in [0.15, 0.2) is 5.12 Å². The van der Waals surface area contributed by atoms with Crippen LogP contribution < -0.4 is 0 Å². The molecular weight excluding hydrogens is 343 g/mol. The molecule has 0 unspecified atom stereocenters. The fraction of sp³-hybridized carbons (Fsp3) is 0.381. The summed E-state index contributed by atoms with van der Waals surface area (Å²) in [6, 6.07) is 14.5. The Bertz CT molecular complexity index is 836. The second-order valence-corrected chi connectivity index (χ2v) is 8.81. The summed E-state index contributed by atoms with van der Waals surface area (Å²) in [5.41, 5.74) is 1.27. The van der Waals surface area contributed by atoms with Gasteiger partial charge >= 0.3 is 7.12 Å². The van der Waals surface area contributed by atoms with Gasteiger partial charge in [0, 0.05) is 12.7 Å². The van der Waals surface area contributed by atoms with Gasteiger partial charge in [0.25, 0.3) is 0 Å². The summed E-state index contributed by atoms with van der Waals surface area (Å²) in [6.07, 6.45) is 2.11. The van der Waals surface area contributed by atoms with E-state index in [1.807, 2.05) is 45.9 Å². The molecule has 0 saturated carbocycles. The number of hydrogen-bond donors (Lipinski definition) is 0. The lowest BCUT2D eigenvalue weighted by molar-refractivity contribution is -0.109. The summed E-state index contributed by atoms with van der Waals surface area (Å²) in [5.74, 6) is 0.551. The lowest BCUT2D eigenvalue weighted by Crippen LogP contribution is -2.41. The number of carbonyl (C=O) groups excluding carboxylic acids is 1. The molecule has 3 nitrogen and oxygen atoms in total. The molecule has 0 aliphatic carbocycles. The molecule has 26 heavy (non-hydrogen) atoms. The predicted molar refractivity (Wildman–Crippen MR) is 111 cm³/mol. The third-order valence-electron chi connectivity index (χ3n) is 5.16. The van der Waals surface area contributed by atoms with E-state index >= 15 is 0 Å². The highest BCUT2D eigenvalue weighted by Gasteiger charge is 2.52. The van der Waals surface area contributed by atoms with Gasteiger partial charge in [-0.15, -0.1) is 0 Å². The first-order chi connectivity index (χ1) is 12.2. The van der Waals surface area contributed by atoms with Gasteiger partial charge in [-0.05, 0) is 49.5 Å². The van der Waals surface area contributed by atoms with Crippen molar-refractivity contribution in [1.82, 2.24) is 0 Å². The first-order valence-electron chi connectivity index (χ1n) is 8.87. The highest BCUT2D eigenvalue weighted by molar-refractivity contribution is 8.13. The molecule has 1 aliphatic rings. The van der Waals surface area contributed by atoms with Crippen molar-refractivity contribution in [1.29, 1.82) is 0 Å². The molecule has 1 saturated heterocycles. The lowest BCUT2D eigenvalue weighted by Gasteiger charge is -2.32. The van der Waals surface area contributed by atoms with Crippen LogP contribution in [0.25, 0.3) is 16.8 Å². The minimum absolute atomic E-state index is 0.0883. The van der Waals surface area contributed by atoms with Crippen molar-refractivity contribution < 1.29 is 14.1 Å². The maximum atomic E-state index is 11.5. The third-order valence-corrected chi connectivity index (χ3v) is 6.05. The van der Waals surface area contributed by atoms with Crippen LogP contribution in [-0.2, 0) is 14.1 Å². The summed E-state index contributed by atoms with van der Waals surface area (Å²) in [6.45, 7) is 9.76. The predicted octanol–water partition coefficient (Wildman–Crippen LogP) is 5.13. The van der Waals surface area contributed by atoms with Crippen LogP contribution in [0.1, 0.15) is 40.2 Å². The van der Waals surface area contributed by atoms with Gasteiger partial charge in [0.05, 0.1) is 11.2 Å². The van der Waals surface area contributed by atoms with Gasteiger partial charge in [0.2, 0.25) is 0 Å². The Morgan fingerprint density at radius 1 is 1.04 bits per heavy atom. The molecule has 0 spiro atoms. The zero-order valence-corrected chi connectivity index (χ0v) is 16.9. The van der Waals surface area contributed by atoms with Crippen molar-refractivity contribution in [3.63, 3.8) is 0 Å². The smallest absolute Gasteiger partial charge is 0.400 e.